The average Bonchev–Trinajstić information content (AvgIpc) is 2.29. The second-order valence-electron chi connectivity index (χ2n) is 6.74. The van der Waals surface area contributed by atoms with E-state index in [9.17, 15) is 0 Å². The van der Waals surface area contributed by atoms with Crippen LogP contribution in [-0.2, 0) is 0 Å². The van der Waals surface area contributed by atoms with Crippen molar-refractivity contribution >= 4 is 18.4 Å². The fourth-order valence-corrected chi connectivity index (χ4v) is 4.68. The molecule has 0 fully saturated rings. The van der Waals surface area contributed by atoms with E-state index >= 15 is 0 Å². The van der Waals surface area contributed by atoms with Crippen molar-refractivity contribution in [1.82, 2.24) is 0 Å². The summed E-state index contributed by atoms with van der Waals surface area (Å²) in [5.74, 6) is 0. The molecule has 0 bridgehead atoms. The van der Waals surface area contributed by atoms with E-state index in [1.165, 1.54) is 70.6 Å². The Bertz CT molecular complexity index is 188. The van der Waals surface area contributed by atoms with Gasteiger partial charge in [-0.15, -0.1) is 0 Å². The van der Waals surface area contributed by atoms with Gasteiger partial charge in [0.15, 0.2) is 0 Å². The Morgan fingerprint density at radius 1 is 0.667 bits per heavy atom. The minimum absolute atomic E-state index is 1.32. The van der Waals surface area contributed by atoms with E-state index in [4.69, 9.17) is 0 Å². The van der Waals surface area contributed by atoms with E-state index in [0.29, 0.717) is 0 Å². The Morgan fingerprint density at radius 3 is 1.56 bits per heavy atom. The summed E-state index contributed by atoms with van der Waals surface area (Å²) in [6.07, 6.45) is 18.2. The van der Waals surface area contributed by atoms with Gasteiger partial charge in [0.2, 0.25) is 0 Å². The summed E-state index contributed by atoms with van der Waals surface area (Å²) >= 11 is -1.60. The minimum atomic E-state index is -1.60. The summed E-state index contributed by atoms with van der Waals surface area (Å²) < 4.78 is 2.56. The fourth-order valence-electron chi connectivity index (χ4n) is 2.19. The molecule has 0 aliphatic heterocycles. The van der Waals surface area contributed by atoms with E-state index in [0.717, 1.165) is 0 Å². The molecule has 1 heteroatoms. The Kier molecular flexibility index (Phi) is 12.9. The van der Waals surface area contributed by atoms with Crippen LogP contribution in [0.1, 0.15) is 77.6 Å². The zero-order valence-electron chi connectivity index (χ0n) is 13.4. The monoisotopic (exact) mass is 360 g/mol. The third-order valence-electron chi connectivity index (χ3n) is 3.34. The molecule has 0 aliphatic carbocycles. The normalized spacial score (nSPS) is 12.4. The van der Waals surface area contributed by atoms with Crippen molar-refractivity contribution in [3.63, 3.8) is 0 Å². The third kappa shape index (κ3) is 16.5. The Balaban J connectivity index is 3.10. The molecule has 0 atom stereocenters. The molecule has 0 rings (SSSR count). The van der Waals surface area contributed by atoms with E-state index in [1.807, 2.05) is 0 Å². The van der Waals surface area contributed by atoms with Crippen LogP contribution in [-0.4, -0.2) is 18.4 Å². The van der Waals surface area contributed by atoms with Gasteiger partial charge in [0, 0.05) is 0 Å². The summed E-state index contributed by atoms with van der Waals surface area (Å²) in [6, 6.07) is 0. The van der Waals surface area contributed by atoms with E-state index in [-0.39, 0.29) is 0 Å². The Hall–Kier alpha value is 0.539. The van der Waals surface area contributed by atoms with Gasteiger partial charge < -0.3 is 0 Å². The van der Waals surface area contributed by atoms with Crippen LogP contribution in [0.3, 0.4) is 0 Å². The van der Waals surface area contributed by atoms with Crippen LogP contribution in [0.25, 0.3) is 0 Å². The van der Waals surface area contributed by atoms with Gasteiger partial charge in [-0.05, 0) is 0 Å². The van der Waals surface area contributed by atoms with Crippen LogP contribution in [0.2, 0.25) is 14.8 Å². The standard InChI is InChI=1S/C14H27.3CH3.Sn/c1-3-5-7-9-11-13-14-12-10-8-6-4-2;;;;/h1,3H,4-14H2,2H3;3*1H3;. The van der Waals surface area contributed by atoms with Crippen molar-refractivity contribution < 1.29 is 0 Å². The molecule has 0 aromatic rings. The maximum atomic E-state index is 2.56. The van der Waals surface area contributed by atoms with Crippen LogP contribution < -0.4 is 0 Å². The van der Waals surface area contributed by atoms with Gasteiger partial charge in [0.25, 0.3) is 0 Å². The maximum absolute atomic E-state index is 2.56. The van der Waals surface area contributed by atoms with Crippen LogP contribution >= 0.6 is 0 Å². The molecule has 0 saturated heterocycles. The number of hydrogen-bond donors (Lipinski definition) is 0. The molecule has 18 heavy (non-hydrogen) atoms. The van der Waals surface area contributed by atoms with Crippen molar-refractivity contribution in [3.8, 4) is 0 Å². The summed E-state index contributed by atoms with van der Waals surface area (Å²) in [6.45, 7) is 2.29. The topological polar surface area (TPSA) is 0 Å². The van der Waals surface area contributed by atoms with Crippen LogP contribution in [0, 0.1) is 0 Å². The molecule has 0 nitrogen and oxygen atoms in total. The first-order chi connectivity index (χ1) is 8.56. The number of allylic oxidation sites excluding steroid dienone is 1. The number of rotatable bonds is 12. The molecule has 0 aromatic heterocycles. The molecule has 0 aliphatic rings. The second-order valence-corrected chi connectivity index (χ2v) is 21.2. The van der Waals surface area contributed by atoms with Gasteiger partial charge >= 0.3 is 108 Å². The van der Waals surface area contributed by atoms with Crippen LogP contribution in [0.5, 0.6) is 0 Å². The molecule has 0 N–H and O–H groups in total. The quantitative estimate of drug-likeness (QED) is 0.268. The molecule has 0 heterocycles. The molecule has 0 unspecified atom stereocenters. The van der Waals surface area contributed by atoms with Gasteiger partial charge in [-0.3, -0.25) is 0 Å². The average molecular weight is 359 g/mol. The molecule has 0 radical (unpaired) electrons. The predicted octanol–water partition coefficient (Wildman–Crippen LogP) is 6.73. The van der Waals surface area contributed by atoms with Crippen molar-refractivity contribution in [1.29, 1.82) is 0 Å². The molecule has 0 amide bonds. The first-order valence-electron chi connectivity index (χ1n) is 8.24. The fraction of sp³-hybridized carbons (Fsp3) is 0.882. The predicted molar refractivity (Wildman–Crippen MR) is 88.9 cm³/mol. The summed E-state index contributed by atoms with van der Waals surface area (Å²) in [4.78, 5) is 7.43. The molecule has 0 aromatic carbocycles. The summed E-state index contributed by atoms with van der Waals surface area (Å²) in [5, 5.41) is 0. The van der Waals surface area contributed by atoms with Gasteiger partial charge in [-0.2, -0.15) is 0 Å². The molecule has 0 spiro atoms. The Labute approximate surface area is 121 Å². The third-order valence-corrected chi connectivity index (χ3v) is 6.87. The van der Waals surface area contributed by atoms with Crippen LogP contribution in [0.15, 0.2) is 10.2 Å². The molecule has 0 saturated carbocycles. The SMILES string of the molecule is CCCCCCCCCCCC/C=[CH]/[Sn]([CH3])([CH3])[CH3]. The van der Waals surface area contributed by atoms with Gasteiger partial charge in [-0.25, -0.2) is 0 Å². The van der Waals surface area contributed by atoms with Crippen molar-refractivity contribution in [2.45, 2.75) is 92.4 Å². The molecular formula is C17H36Sn. The first kappa shape index (κ1) is 18.5. The van der Waals surface area contributed by atoms with Crippen molar-refractivity contribution in [2.24, 2.45) is 0 Å². The molecular weight excluding hydrogens is 323 g/mol. The Morgan fingerprint density at radius 2 is 1.11 bits per heavy atom. The molecule has 108 valence electrons. The van der Waals surface area contributed by atoms with E-state index in [1.54, 1.807) is 0 Å². The van der Waals surface area contributed by atoms with Crippen molar-refractivity contribution in [2.75, 3.05) is 0 Å². The first-order valence-corrected chi connectivity index (χ1v) is 18.4. The van der Waals surface area contributed by atoms with E-state index < -0.39 is 18.4 Å². The van der Waals surface area contributed by atoms with Gasteiger partial charge in [-0.1, -0.05) is 13.3 Å². The number of hydrogen-bond acceptors (Lipinski definition) is 0. The van der Waals surface area contributed by atoms with Crippen molar-refractivity contribution in [3.05, 3.63) is 10.2 Å². The van der Waals surface area contributed by atoms with Gasteiger partial charge in [0.1, 0.15) is 0 Å². The van der Waals surface area contributed by atoms with E-state index in [2.05, 4.69) is 31.9 Å². The van der Waals surface area contributed by atoms with Gasteiger partial charge in [0.05, 0.1) is 0 Å². The van der Waals surface area contributed by atoms with Crippen LogP contribution in [0.4, 0.5) is 0 Å². The number of unbranched alkanes of at least 4 members (excludes halogenated alkanes) is 10. The zero-order chi connectivity index (χ0) is 13.7. The summed E-state index contributed by atoms with van der Waals surface area (Å²) in [5.41, 5.74) is 0. The second kappa shape index (κ2) is 12.6. The zero-order valence-corrected chi connectivity index (χ0v) is 16.3. The summed E-state index contributed by atoms with van der Waals surface area (Å²) in [7, 11) is 0.